The number of amides is 4. The smallest absolute Gasteiger partial charge is 0.323 e. The Morgan fingerprint density at radius 2 is 1.56 bits per heavy atom. The van der Waals surface area contributed by atoms with E-state index in [1.54, 1.807) is 48.7 Å². The van der Waals surface area contributed by atoms with Crippen LogP contribution in [0.15, 0.2) is 85.1 Å². The number of carbonyl (C=O) groups is 3. The first-order valence-electron chi connectivity index (χ1n) is 19.5. The van der Waals surface area contributed by atoms with Gasteiger partial charge in [-0.05, 0) is 53.4 Å². The van der Waals surface area contributed by atoms with Crippen molar-refractivity contribution in [3.05, 3.63) is 96.2 Å². The molecular formula is C44H51N7O9S. The number of likely N-dealkylation sites (tertiary alicyclic amines) is 1. The number of methoxy groups -OCH3 is 2. The SMILES string of the molecule is COc1cc(Nc2cc(Oc3ccc(NC(=O)Nc4cc(C(C)(C)C)cc(NS(C)=O)c4OC)c4ccccc34)ccn2)ccc1C(=O)NCCC(=O)N1CC(O)C[C@@H](O)C1. The van der Waals surface area contributed by atoms with Crippen LogP contribution in [-0.2, 0) is 21.2 Å². The number of piperidine rings is 1. The third-order valence-corrected chi connectivity index (χ3v) is 10.4. The maximum absolute atomic E-state index is 13.5. The van der Waals surface area contributed by atoms with Crippen molar-refractivity contribution < 1.29 is 43.0 Å². The van der Waals surface area contributed by atoms with Crippen molar-refractivity contribution in [1.29, 1.82) is 0 Å². The monoisotopic (exact) mass is 853 g/mol. The minimum atomic E-state index is -1.38. The minimum absolute atomic E-state index is 0.0129. The predicted octanol–water partition coefficient (Wildman–Crippen LogP) is 6.51. The van der Waals surface area contributed by atoms with Crippen LogP contribution in [0.1, 0.15) is 49.5 Å². The first-order chi connectivity index (χ1) is 29.1. The number of pyridine rings is 1. The molecule has 6 rings (SSSR count). The Morgan fingerprint density at radius 1 is 0.852 bits per heavy atom. The Labute approximate surface area is 356 Å². The molecule has 1 aliphatic rings. The molecule has 1 fully saturated rings. The Hall–Kier alpha value is -6.43. The topological polar surface area (TPSA) is 213 Å². The van der Waals surface area contributed by atoms with Crippen LogP contribution >= 0.6 is 0 Å². The van der Waals surface area contributed by atoms with Gasteiger partial charge in [0, 0.05) is 73.5 Å². The number of ether oxygens (including phenoxy) is 3. The standard InChI is InChI=1S/C44H51N7O9S/c1-44(2,3)26-19-35(41(59-5)36(20-26)50-61(6)57)49-43(56)48-34-13-14-37(32-10-8-7-9-31(32)34)60-30-15-17-45-39(23-30)47-27-11-12-33(38(21-27)58-4)42(55)46-18-16-40(54)51-24-28(52)22-29(53)25-51/h7-15,17,19-21,23,28-29,50,52-53H,16,18,22,24-25H2,1-6H3,(H,45,47)(H,46,55)(H2,48,49,56)/t28-,29?,61?/m1/s1. The average molecular weight is 854 g/mol. The van der Waals surface area contributed by atoms with E-state index in [0.29, 0.717) is 51.6 Å². The van der Waals surface area contributed by atoms with E-state index in [1.165, 1.54) is 25.4 Å². The first kappa shape index (κ1) is 44.1. The van der Waals surface area contributed by atoms with Gasteiger partial charge >= 0.3 is 6.03 Å². The number of carbonyl (C=O) groups excluding carboxylic acids is 3. The van der Waals surface area contributed by atoms with Gasteiger partial charge in [0.1, 0.15) is 34.1 Å². The summed E-state index contributed by atoms with van der Waals surface area (Å²) >= 11 is 0. The number of nitrogens with one attached hydrogen (secondary N) is 5. The zero-order valence-corrected chi connectivity index (χ0v) is 35.6. The van der Waals surface area contributed by atoms with E-state index in [0.717, 1.165) is 16.3 Å². The van der Waals surface area contributed by atoms with Gasteiger partial charge in [0.15, 0.2) is 5.75 Å². The van der Waals surface area contributed by atoms with Gasteiger partial charge in [-0.25, -0.2) is 14.0 Å². The lowest BCUT2D eigenvalue weighted by Crippen LogP contribution is -2.48. The number of nitrogens with zero attached hydrogens (tertiary/aromatic N) is 2. The lowest BCUT2D eigenvalue weighted by Gasteiger charge is -2.33. The average Bonchev–Trinajstić information content (AvgIpc) is 3.20. The highest BCUT2D eigenvalue weighted by Gasteiger charge is 2.28. The number of anilines is 5. The van der Waals surface area contributed by atoms with Gasteiger partial charge in [-0.1, -0.05) is 45.0 Å². The van der Waals surface area contributed by atoms with E-state index in [1.807, 2.05) is 57.2 Å². The molecular weight excluding hydrogens is 803 g/mol. The van der Waals surface area contributed by atoms with Crippen LogP contribution in [0.5, 0.6) is 23.0 Å². The molecule has 3 atom stereocenters. The molecule has 2 heterocycles. The molecule has 1 saturated heterocycles. The lowest BCUT2D eigenvalue weighted by molar-refractivity contribution is -0.137. The fourth-order valence-electron chi connectivity index (χ4n) is 6.91. The van der Waals surface area contributed by atoms with Crippen molar-refractivity contribution in [2.24, 2.45) is 0 Å². The summed E-state index contributed by atoms with van der Waals surface area (Å²) in [7, 11) is 1.56. The molecule has 4 amide bonds. The molecule has 0 aliphatic carbocycles. The summed E-state index contributed by atoms with van der Waals surface area (Å²) in [6, 6.07) is 22.6. The number of aliphatic hydroxyl groups excluding tert-OH is 2. The zero-order chi connectivity index (χ0) is 43.8. The van der Waals surface area contributed by atoms with Crippen molar-refractivity contribution in [3.63, 3.8) is 0 Å². The number of hydrogen-bond donors (Lipinski definition) is 7. The van der Waals surface area contributed by atoms with Crippen LogP contribution in [0.4, 0.5) is 33.4 Å². The molecule has 1 aliphatic heterocycles. The summed E-state index contributed by atoms with van der Waals surface area (Å²) in [6.45, 7) is 6.49. The Kier molecular flexibility index (Phi) is 14.0. The van der Waals surface area contributed by atoms with E-state index in [2.05, 4.69) is 31.0 Å². The van der Waals surface area contributed by atoms with Crippen molar-refractivity contribution in [1.82, 2.24) is 15.2 Å². The highest BCUT2D eigenvalue weighted by molar-refractivity contribution is 7.85. The maximum Gasteiger partial charge on any atom is 0.323 e. The number of rotatable bonds is 14. The largest absolute Gasteiger partial charge is 0.496 e. The molecule has 0 bridgehead atoms. The van der Waals surface area contributed by atoms with Crippen molar-refractivity contribution in [2.75, 3.05) is 60.8 Å². The van der Waals surface area contributed by atoms with Crippen LogP contribution in [0, 0.1) is 0 Å². The van der Waals surface area contributed by atoms with Crippen LogP contribution < -0.4 is 40.2 Å². The fraction of sp³-hybridized carbons (Fsp3) is 0.318. The Bertz CT molecular complexity index is 2430. The van der Waals surface area contributed by atoms with Crippen molar-refractivity contribution in [2.45, 2.75) is 51.2 Å². The molecule has 16 nitrogen and oxygen atoms in total. The second-order valence-electron chi connectivity index (χ2n) is 15.5. The van der Waals surface area contributed by atoms with Gasteiger partial charge < -0.3 is 55.3 Å². The molecule has 61 heavy (non-hydrogen) atoms. The summed E-state index contributed by atoms with van der Waals surface area (Å²) in [5, 5.41) is 33.0. The summed E-state index contributed by atoms with van der Waals surface area (Å²) in [5.41, 5.74) is 2.92. The first-order valence-corrected chi connectivity index (χ1v) is 21.1. The third-order valence-electron chi connectivity index (χ3n) is 9.85. The third kappa shape index (κ3) is 11.2. The van der Waals surface area contributed by atoms with Crippen molar-refractivity contribution >= 4 is 68.2 Å². The highest BCUT2D eigenvalue weighted by Crippen LogP contribution is 2.40. The summed E-state index contributed by atoms with van der Waals surface area (Å²) in [4.78, 5) is 45.0. The van der Waals surface area contributed by atoms with E-state index in [-0.39, 0.29) is 49.4 Å². The quantitative estimate of drug-likeness (QED) is 0.0640. The van der Waals surface area contributed by atoms with E-state index < -0.39 is 35.1 Å². The second-order valence-corrected chi connectivity index (χ2v) is 16.6. The van der Waals surface area contributed by atoms with Gasteiger partial charge in [0.05, 0.1) is 49.1 Å². The molecule has 0 spiro atoms. The van der Waals surface area contributed by atoms with Gasteiger partial charge in [-0.3, -0.25) is 9.59 Å². The minimum Gasteiger partial charge on any atom is -0.496 e. The number of aliphatic hydroxyl groups is 2. The van der Waals surface area contributed by atoms with Crippen LogP contribution in [0.25, 0.3) is 10.8 Å². The Balaban J connectivity index is 1.12. The second kappa shape index (κ2) is 19.3. The van der Waals surface area contributed by atoms with Gasteiger partial charge in [0.25, 0.3) is 5.91 Å². The van der Waals surface area contributed by atoms with Crippen molar-refractivity contribution in [3.8, 4) is 23.0 Å². The molecule has 4 aromatic carbocycles. The van der Waals surface area contributed by atoms with Crippen LogP contribution in [0.3, 0.4) is 0 Å². The maximum atomic E-state index is 13.5. The highest BCUT2D eigenvalue weighted by atomic mass is 32.2. The lowest BCUT2D eigenvalue weighted by atomic mass is 9.86. The molecule has 0 radical (unpaired) electrons. The number of benzene rings is 4. The van der Waals surface area contributed by atoms with E-state index in [9.17, 15) is 28.8 Å². The summed E-state index contributed by atoms with van der Waals surface area (Å²) in [5.74, 6) is 1.41. The van der Waals surface area contributed by atoms with Crippen LogP contribution in [0.2, 0.25) is 0 Å². The van der Waals surface area contributed by atoms with Gasteiger partial charge in [-0.2, -0.15) is 0 Å². The molecule has 7 N–H and O–H groups in total. The number of urea groups is 1. The van der Waals surface area contributed by atoms with Gasteiger partial charge in [-0.15, -0.1) is 0 Å². The molecule has 322 valence electrons. The van der Waals surface area contributed by atoms with Gasteiger partial charge in [0.2, 0.25) is 5.91 Å². The van der Waals surface area contributed by atoms with E-state index in [4.69, 9.17) is 14.2 Å². The summed E-state index contributed by atoms with van der Waals surface area (Å²) < 4.78 is 32.5. The normalized spacial score (nSPS) is 15.6. The summed E-state index contributed by atoms with van der Waals surface area (Å²) in [6.07, 6.45) is 1.79. The molecule has 2 unspecified atom stereocenters. The Morgan fingerprint density at radius 3 is 2.25 bits per heavy atom. The fourth-order valence-corrected chi connectivity index (χ4v) is 7.37. The zero-order valence-electron chi connectivity index (χ0n) is 34.8. The molecule has 0 saturated carbocycles. The number of fused-ring (bicyclic) bond motifs is 1. The molecule has 1 aromatic heterocycles. The van der Waals surface area contributed by atoms with Crippen LogP contribution in [-0.4, -0.2) is 94.5 Å². The number of β-amino-alcohol motifs (C(OH)–C–C–N with tert-alkyl or cyclic N) is 2. The number of aromatic nitrogens is 1. The molecule has 5 aromatic rings. The molecule has 17 heteroatoms. The van der Waals surface area contributed by atoms with E-state index >= 15 is 0 Å². The number of hydrogen-bond acceptors (Lipinski definition) is 11. The predicted molar refractivity (Wildman–Crippen MR) is 237 cm³/mol.